The van der Waals surface area contributed by atoms with Crippen LogP contribution in [0.15, 0.2) is 24.3 Å². The standard InChI is InChI=1S/C15H19NO5/c1-3-21-13(17)9-8-12(15(19)20)16-14(18)11-7-5-4-6-10(11)2/h4-7,12H,3,8-9H2,1-2H3,(H,16,18)(H,19,20)/t12-/m0/s1. The van der Waals surface area contributed by atoms with Crippen LogP contribution in [0.3, 0.4) is 0 Å². The molecule has 1 aromatic rings. The van der Waals surface area contributed by atoms with E-state index in [0.717, 1.165) is 5.56 Å². The quantitative estimate of drug-likeness (QED) is 0.744. The van der Waals surface area contributed by atoms with Gasteiger partial charge in [0, 0.05) is 12.0 Å². The number of nitrogens with one attached hydrogen (secondary N) is 1. The molecule has 114 valence electrons. The number of hydrogen-bond donors (Lipinski definition) is 2. The van der Waals surface area contributed by atoms with Gasteiger partial charge in [0.15, 0.2) is 0 Å². The van der Waals surface area contributed by atoms with Crippen LogP contribution in [-0.2, 0) is 14.3 Å². The second kappa shape index (κ2) is 8.04. The van der Waals surface area contributed by atoms with Gasteiger partial charge in [0.25, 0.3) is 5.91 Å². The zero-order valence-corrected chi connectivity index (χ0v) is 12.1. The van der Waals surface area contributed by atoms with E-state index in [1.165, 1.54) is 0 Å². The van der Waals surface area contributed by atoms with Crippen LogP contribution in [0.1, 0.15) is 35.7 Å². The van der Waals surface area contributed by atoms with Crippen molar-refractivity contribution in [3.63, 3.8) is 0 Å². The van der Waals surface area contributed by atoms with Crippen molar-refractivity contribution in [3.05, 3.63) is 35.4 Å². The molecule has 0 saturated heterocycles. The molecule has 0 aromatic heterocycles. The zero-order valence-electron chi connectivity index (χ0n) is 12.1. The second-order valence-corrected chi connectivity index (χ2v) is 4.52. The Labute approximate surface area is 123 Å². The summed E-state index contributed by atoms with van der Waals surface area (Å²) in [5.41, 5.74) is 1.17. The third-order valence-electron chi connectivity index (χ3n) is 2.94. The summed E-state index contributed by atoms with van der Waals surface area (Å²) < 4.78 is 4.74. The molecule has 6 heteroatoms. The maximum absolute atomic E-state index is 12.1. The molecule has 1 rings (SSSR count). The first kappa shape index (κ1) is 16.7. The van der Waals surface area contributed by atoms with E-state index >= 15 is 0 Å². The van der Waals surface area contributed by atoms with Gasteiger partial charge in [-0.2, -0.15) is 0 Å². The number of carboxylic acids is 1. The van der Waals surface area contributed by atoms with E-state index in [-0.39, 0.29) is 19.4 Å². The number of amides is 1. The molecule has 0 aliphatic heterocycles. The summed E-state index contributed by atoms with van der Waals surface area (Å²) in [6, 6.07) is 5.76. The van der Waals surface area contributed by atoms with Crippen LogP contribution in [0, 0.1) is 6.92 Å². The summed E-state index contributed by atoms with van der Waals surface area (Å²) in [5, 5.41) is 11.5. The molecule has 2 N–H and O–H groups in total. The fourth-order valence-electron chi connectivity index (χ4n) is 1.82. The van der Waals surface area contributed by atoms with Gasteiger partial charge >= 0.3 is 11.9 Å². The minimum atomic E-state index is -1.18. The number of carbonyl (C=O) groups is 3. The van der Waals surface area contributed by atoms with Crippen LogP contribution < -0.4 is 5.32 Å². The van der Waals surface area contributed by atoms with Crippen molar-refractivity contribution in [2.24, 2.45) is 0 Å². The smallest absolute Gasteiger partial charge is 0.326 e. The van der Waals surface area contributed by atoms with Crippen molar-refractivity contribution in [1.29, 1.82) is 0 Å². The lowest BCUT2D eigenvalue weighted by atomic mass is 10.1. The van der Waals surface area contributed by atoms with Crippen LogP contribution in [-0.4, -0.2) is 35.6 Å². The van der Waals surface area contributed by atoms with E-state index in [0.29, 0.717) is 5.56 Å². The largest absolute Gasteiger partial charge is 0.480 e. The molecule has 1 aromatic carbocycles. The van der Waals surface area contributed by atoms with Gasteiger partial charge < -0.3 is 15.2 Å². The first-order valence-corrected chi connectivity index (χ1v) is 6.70. The molecule has 0 saturated carbocycles. The van der Waals surface area contributed by atoms with Crippen molar-refractivity contribution >= 4 is 17.8 Å². The Hall–Kier alpha value is -2.37. The third-order valence-corrected chi connectivity index (χ3v) is 2.94. The van der Waals surface area contributed by atoms with Crippen LogP contribution in [0.5, 0.6) is 0 Å². The zero-order chi connectivity index (χ0) is 15.8. The average molecular weight is 293 g/mol. The summed E-state index contributed by atoms with van der Waals surface area (Å²) in [7, 11) is 0. The van der Waals surface area contributed by atoms with E-state index in [1.807, 2.05) is 0 Å². The highest BCUT2D eigenvalue weighted by Gasteiger charge is 2.22. The maximum Gasteiger partial charge on any atom is 0.326 e. The molecule has 0 radical (unpaired) electrons. The molecule has 0 bridgehead atoms. The molecular weight excluding hydrogens is 274 g/mol. The van der Waals surface area contributed by atoms with E-state index in [2.05, 4.69) is 5.32 Å². The average Bonchev–Trinajstić information content (AvgIpc) is 2.43. The molecule has 21 heavy (non-hydrogen) atoms. The Morgan fingerprint density at radius 1 is 1.29 bits per heavy atom. The van der Waals surface area contributed by atoms with Crippen molar-refractivity contribution in [3.8, 4) is 0 Å². The van der Waals surface area contributed by atoms with Crippen molar-refractivity contribution in [2.75, 3.05) is 6.61 Å². The molecule has 0 aliphatic rings. The predicted molar refractivity (Wildman–Crippen MR) is 75.9 cm³/mol. The van der Waals surface area contributed by atoms with E-state index in [1.54, 1.807) is 38.1 Å². The first-order chi connectivity index (χ1) is 9.95. The van der Waals surface area contributed by atoms with E-state index in [9.17, 15) is 14.4 Å². The topological polar surface area (TPSA) is 92.7 Å². The highest BCUT2D eigenvalue weighted by Crippen LogP contribution is 2.08. The number of rotatable bonds is 7. The summed E-state index contributed by atoms with van der Waals surface area (Å²) in [5.74, 6) is -2.13. The third kappa shape index (κ3) is 5.25. The molecule has 0 aliphatic carbocycles. The lowest BCUT2D eigenvalue weighted by molar-refractivity contribution is -0.144. The Morgan fingerprint density at radius 2 is 1.95 bits per heavy atom. The minimum absolute atomic E-state index is 0.00815. The highest BCUT2D eigenvalue weighted by molar-refractivity contribution is 5.97. The molecule has 0 fully saturated rings. The summed E-state index contributed by atoms with van der Waals surface area (Å²) in [4.78, 5) is 34.5. The van der Waals surface area contributed by atoms with Gasteiger partial charge in [-0.3, -0.25) is 9.59 Å². The van der Waals surface area contributed by atoms with Crippen LogP contribution in [0.25, 0.3) is 0 Å². The Morgan fingerprint density at radius 3 is 2.52 bits per heavy atom. The molecule has 1 amide bonds. The van der Waals surface area contributed by atoms with Gasteiger partial charge in [-0.15, -0.1) is 0 Å². The number of aliphatic carboxylic acids is 1. The summed E-state index contributed by atoms with van der Waals surface area (Å²) in [6.45, 7) is 3.68. The SMILES string of the molecule is CCOC(=O)CC[C@H](NC(=O)c1ccccc1C)C(=O)O. The lowest BCUT2D eigenvalue weighted by Crippen LogP contribution is -2.41. The van der Waals surface area contributed by atoms with Gasteiger partial charge in [-0.05, 0) is 31.9 Å². The lowest BCUT2D eigenvalue weighted by Gasteiger charge is -2.15. The molecular formula is C15H19NO5. The summed E-state index contributed by atoms with van der Waals surface area (Å²) in [6.07, 6.45) is -0.0648. The first-order valence-electron chi connectivity index (χ1n) is 6.70. The Balaban J connectivity index is 2.66. The fraction of sp³-hybridized carbons (Fsp3) is 0.400. The molecule has 1 atom stereocenters. The number of carbonyl (C=O) groups excluding carboxylic acids is 2. The van der Waals surface area contributed by atoms with Crippen LogP contribution in [0.2, 0.25) is 0 Å². The number of carboxylic acid groups (broad SMARTS) is 1. The molecule has 6 nitrogen and oxygen atoms in total. The van der Waals surface area contributed by atoms with Crippen molar-refractivity contribution in [1.82, 2.24) is 5.32 Å². The molecule has 0 unspecified atom stereocenters. The Kier molecular flexibility index (Phi) is 6.39. The van der Waals surface area contributed by atoms with Crippen molar-refractivity contribution in [2.45, 2.75) is 32.7 Å². The van der Waals surface area contributed by atoms with Gasteiger partial charge in [0.1, 0.15) is 6.04 Å². The fourth-order valence-corrected chi connectivity index (χ4v) is 1.82. The van der Waals surface area contributed by atoms with Crippen molar-refractivity contribution < 1.29 is 24.2 Å². The Bertz CT molecular complexity index is 527. The van der Waals surface area contributed by atoms with E-state index < -0.39 is 23.9 Å². The van der Waals surface area contributed by atoms with E-state index in [4.69, 9.17) is 9.84 Å². The van der Waals surface area contributed by atoms with Gasteiger partial charge in [-0.1, -0.05) is 18.2 Å². The monoisotopic (exact) mass is 293 g/mol. The number of aryl methyl sites for hydroxylation is 1. The number of esters is 1. The molecule has 0 spiro atoms. The normalized spacial score (nSPS) is 11.5. The number of hydrogen-bond acceptors (Lipinski definition) is 4. The number of ether oxygens (including phenoxy) is 1. The second-order valence-electron chi connectivity index (χ2n) is 4.52. The predicted octanol–water partition coefficient (Wildman–Crippen LogP) is 1.52. The number of benzene rings is 1. The summed E-state index contributed by atoms with van der Waals surface area (Å²) >= 11 is 0. The van der Waals surface area contributed by atoms with Crippen LogP contribution in [0.4, 0.5) is 0 Å². The van der Waals surface area contributed by atoms with Gasteiger partial charge in [-0.25, -0.2) is 4.79 Å². The molecule has 0 heterocycles. The highest BCUT2D eigenvalue weighted by atomic mass is 16.5. The van der Waals surface area contributed by atoms with Gasteiger partial charge in [0.05, 0.1) is 6.61 Å². The maximum atomic E-state index is 12.1. The van der Waals surface area contributed by atoms with Gasteiger partial charge in [0.2, 0.25) is 0 Å². The van der Waals surface area contributed by atoms with Crippen LogP contribution >= 0.6 is 0 Å². The minimum Gasteiger partial charge on any atom is -0.480 e.